The Balaban J connectivity index is 1.90. The van der Waals surface area contributed by atoms with E-state index in [9.17, 15) is 0 Å². The van der Waals surface area contributed by atoms with Crippen molar-refractivity contribution in [2.75, 3.05) is 5.01 Å². The SMILES string of the molecule is c1ccc2c(c1)ONN2c1coc2ccccc12. The maximum absolute atomic E-state index is 5.54. The third kappa shape index (κ3) is 1.23. The minimum Gasteiger partial charge on any atom is -0.462 e. The van der Waals surface area contributed by atoms with E-state index in [4.69, 9.17) is 9.25 Å². The third-order valence-electron chi connectivity index (χ3n) is 3.05. The molecular weight excluding hydrogens is 228 g/mol. The Morgan fingerprint density at radius 2 is 1.72 bits per heavy atom. The van der Waals surface area contributed by atoms with Crippen molar-refractivity contribution in [2.24, 2.45) is 0 Å². The van der Waals surface area contributed by atoms with Crippen molar-refractivity contribution in [3.63, 3.8) is 0 Å². The number of rotatable bonds is 1. The number of nitrogens with zero attached hydrogens (tertiary/aromatic N) is 1. The number of hydrogen-bond donors (Lipinski definition) is 1. The molecule has 0 aliphatic carbocycles. The molecule has 0 unspecified atom stereocenters. The van der Waals surface area contributed by atoms with Gasteiger partial charge in [-0.3, -0.25) is 0 Å². The van der Waals surface area contributed by atoms with E-state index in [1.54, 1.807) is 6.26 Å². The van der Waals surface area contributed by atoms with Crippen LogP contribution in [0.15, 0.2) is 59.2 Å². The van der Waals surface area contributed by atoms with Gasteiger partial charge in [0.05, 0.1) is 0 Å². The number of fused-ring (bicyclic) bond motifs is 2. The molecule has 4 heteroatoms. The molecule has 0 fully saturated rings. The Bertz CT molecular complexity index is 720. The molecule has 1 aliphatic rings. The predicted molar refractivity (Wildman–Crippen MR) is 68.6 cm³/mol. The molecule has 0 amide bonds. The highest BCUT2D eigenvalue weighted by Gasteiger charge is 2.24. The second-order valence-electron chi connectivity index (χ2n) is 4.11. The molecule has 0 saturated heterocycles. The average molecular weight is 238 g/mol. The number of hydrogen-bond acceptors (Lipinski definition) is 4. The van der Waals surface area contributed by atoms with Crippen molar-refractivity contribution in [1.82, 2.24) is 5.59 Å². The van der Waals surface area contributed by atoms with Gasteiger partial charge < -0.3 is 9.25 Å². The van der Waals surface area contributed by atoms with Crippen LogP contribution in [0.5, 0.6) is 5.75 Å². The summed E-state index contributed by atoms with van der Waals surface area (Å²) in [7, 11) is 0. The third-order valence-corrected chi connectivity index (χ3v) is 3.05. The fraction of sp³-hybridized carbons (Fsp3) is 0. The van der Waals surface area contributed by atoms with Crippen LogP contribution >= 0.6 is 0 Å². The second-order valence-corrected chi connectivity index (χ2v) is 4.11. The van der Waals surface area contributed by atoms with Gasteiger partial charge in [0.15, 0.2) is 5.75 Å². The Morgan fingerprint density at radius 1 is 0.889 bits per heavy atom. The molecule has 0 atom stereocenters. The zero-order valence-corrected chi connectivity index (χ0v) is 9.46. The van der Waals surface area contributed by atoms with Crippen molar-refractivity contribution >= 4 is 22.3 Å². The molecule has 2 aromatic carbocycles. The molecule has 4 rings (SSSR count). The number of anilines is 2. The van der Waals surface area contributed by atoms with E-state index < -0.39 is 0 Å². The normalized spacial score (nSPS) is 13.7. The molecule has 0 saturated carbocycles. The highest BCUT2D eigenvalue weighted by molar-refractivity contribution is 5.93. The van der Waals surface area contributed by atoms with E-state index in [-0.39, 0.29) is 0 Å². The summed E-state index contributed by atoms with van der Waals surface area (Å²) in [5, 5.41) is 2.92. The van der Waals surface area contributed by atoms with Gasteiger partial charge in [0, 0.05) is 5.39 Å². The molecule has 2 heterocycles. The summed E-state index contributed by atoms with van der Waals surface area (Å²) in [5.41, 5.74) is 5.67. The van der Waals surface area contributed by atoms with Crippen molar-refractivity contribution in [1.29, 1.82) is 0 Å². The number of hydrazine groups is 1. The number of furan rings is 1. The lowest BCUT2D eigenvalue weighted by Gasteiger charge is -2.13. The number of para-hydroxylation sites is 3. The summed E-state index contributed by atoms with van der Waals surface area (Å²) in [4.78, 5) is 5.42. The Morgan fingerprint density at radius 3 is 2.72 bits per heavy atom. The van der Waals surface area contributed by atoms with Gasteiger partial charge in [-0.2, -0.15) is 0 Å². The molecule has 18 heavy (non-hydrogen) atoms. The Hall–Kier alpha value is -2.46. The monoisotopic (exact) mass is 238 g/mol. The Kier molecular flexibility index (Phi) is 1.87. The first-order chi connectivity index (χ1) is 8.93. The summed E-state index contributed by atoms with van der Waals surface area (Å²) in [6.45, 7) is 0. The summed E-state index contributed by atoms with van der Waals surface area (Å²) in [6, 6.07) is 15.8. The van der Waals surface area contributed by atoms with Crippen molar-refractivity contribution in [2.45, 2.75) is 0 Å². The van der Waals surface area contributed by atoms with Gasteiger partial charge in [-0.15, -0.1) is 0 Å². The highest BCUT2D eigenvalue weighted by atomic mass is 16.7. The zero-order chi connectivity index (χ0) is 11.9. The van der Waals surface area contributed by atoms with Crippen LogP contribution in [0, 0.1) is 0 Å². The number of benzene rings is 2. The van der Waals surface area contributed by atoms with Crippen LogP contribution in [0.3, 0.4) is 0 Å². The first-order valence-corrected chi connectivity index (χ1v) is 5.71. The predicted octanol–water partition coefficient (Wildman–Crippen LogP) is 3.38. The molecule has 0 bridgehead atoms. The summed E-state index contributed by atoms with van der Waals surface area (Å²) >= 11 is 0. The van der Waals surface area contributed by atoms with Crippen LogP contribution in [0.4, 0.5) is 11.4 Å². The van der Waals surface area contributed by atoms with E-state index >= 15 is 0 Å². The first-order valence-electron chi connectivity index (χ1n) is 5.71. The van der Waals surface area contributed by atoms with E-state index in [2.05, 4.69) is 5.59 Å². The van der Waals surface area contributed by atoms with Gasteiger partial charge in [-0.05, 0) is 24.3 Å². The lowest BCUT2D eigenvalue weighted by molar-refractivity contribution is 0.226. The molecule has 1 N–H and O–H groups in total. The largest absolute Gasteiger partial charge is 0.462 e. The molecule has 1 aliphatic heterocycles. The number of nitrogens with one attached hydrogen (secondary N) is 1. The van der Waals surface area contributed by atoms with Gasteiger partial charge >= 0.3 is 0 Å². The maximum atomic E-state index is 5.54. The summed E-state index contributed by atoms with van der Waals surface area (Å²) in [6.07, 6.45) is 1.73. The van der Waals surface area contributed by atoms with Gasteiger partial charge in [0.2, 0.25) is 0 Å². The second kappa shape index (κ2) is 3.51. The van der Waals surface area contributed by atoms with Crippen LogP contribution in [0.2, 0.25) is 0 Å². The molecule has 0 spiro atoms. The quantitative estimate of drug-likeness (QED) is 0.705. The van der Waals surface area contributed by atoms with Gasteiger partial charge in [-0.25, -0.2) is 5.01 Å². The summed E-state index contributed by atoms with van der Waals surface area (Å²) < 4.78 is 5.54. The molecule has 88 valence electrons. The topological polar surface area (TPSA) is 37.6 Å². The van der Waals surface area contributed by atoms with Gasteiger partial charge in [0.1, 0.15) is 23.2 Å². The van der Waals surface area contributed by atoms with Gasteiger partial charge in [0.25, 0.3) is 0 Å². The van der Waals surface area contributed by atoms with Crippen LogP contribution < -0.4 is 15.4 Å². The minimum absolute atomic E-state index is 0.808. The molecular formula is C14H10N2O2. The smallest absolute Gasteiger partial charge is 0.174 e. The van der Waals surface area contributed by atoms with Crippen LogP contribution in [0.25, 0.3) is 11.0 Å². The summed E-state index contributed by atoms with van der Waals surface area (Å²) in [5.74, 6) is 0.808. The molecule has 3 aromatic rings. The van der Waals surface area contributed by atoms with Crippen LogP contribution in [0.1, 0.15) is 0 Å². The van der Waals surface area contributed by atoms with Gasteiger partial charge in [-0.1, -0.05) is 29.9 Å². The van der Waals surface area contributed by atoms with Crippen LogP contribution in [-0.2, 0) is 0 Å². The molecule has 4 nitrogen and oxygen atoms in total. The fourth-order valence-corrected chi connectivity index (χ4v) is 2.19. The lowest BCUT2D eigenvalue weighted by Crippen LogP contribution is -2.29. The lowest BCUT2D eigenvalue weighted by atomic mass is 10.2. The average Bonchev–Trinajstić information content (AvgIpc) is 3.01. The fourth-order valence-electron chi connectivity index (χ4n) is 2.19. The first kappa shape index (κ1) is 9.56. The van der Waals surface area contributed by atoms with E-state index in [0.29, 0.717) is 0 Å². The van der Waals surface area contributed by atoms with E-state index in [1.165, 1.54) is 0 Å². The van der Waals surface area contributed by atoms with Crippen molar-refractivity contribution < 1.29 is 9.25 Å². The molecule has 1 aromatic heterocycles. The zero-order valence-electron chi connectivity index (χ0n) is 9.46. The Labute approximate surface area is 103 Å². The van der Waals surface area contributed by atoms with E-state index in [0.717, 1.165) is 28.1 Å². The van der Waals surface area contributed by atoms with Crippen molar-refractivity contribution in [3.05, 3.63) is 54.8 Å². The van der Waals surface area contributed by atoms with Crippen LogP contribution in [-0.4, -0.2) is 0 Å². The minimum atomic E-state index is 0.808. The maximum Gasteiger partial charge on any atom is 0.174 e. The van der Waals surface area contributed by atoms with Crippen molar-refractivity contribution in [3.8, 4) is 5.75 Å². The standard InChI is InChI=1S/C14H10N2O2/c1-3-7-13-10(5-1)12(9-17-13)16-11-6-2-4-8-14(11)18-15-16/h1-9,15H. The van der Waals surface area contributed by atoms with E-state index in [1.807, 2.05) is 53.5 Å². The molecule has 0 radical (unpaired) electrons. The highest BCUT2D eigenvalue weighted by Crippen LogP contribution is 2.39.